The number of fused-ring (bicyclic) bond motifs is 1. The van der Waals surface area contributed by atoms with E-state index in [-0.39, 0.29) is 29.4 Å². The van der Waals surface area contributed by atoms with Gasteiger partial charge in [-0.3, -0.25) is 9.69 Å². The fourth-order valence-electron chi connectivity index (χ4n) is 5.41. The number of halogens is 1. The van der Waals surface area contributed by atoms with E-state index in [1.807, 2.05) is 16.8 Å². The molecule has 1 N–H and O–H groups in total. The molecule has 1 fully saturated rings. The van der Waals surface area contributed by atoms with E-state index in [0.29, 0.717) is 48.0 Å². The zero-order valence-corrected chi connectivity index (χ0v) is 23.3. The van der Waals surface area contributed by atoms with Crippen LogP contribution in [0.2, 0.25) is 0 Å². The summed E-state index contributed by atoms with van der Waals surface area (Å²) in [6, 6.07) is 11.7. The van der Waals surface area contributed by atoms with Crippen molar-refractivity contribution in [3.8, 4) is 11.5 Å². The average Bonchev–Trinajstić information content (AvgIpc) is 3.62. The van der Waals surface area contributed by atoms with Crippen LogP contribution in [0.5, 0.6) is 11.5 Å². The van der Waals surface area contributed by atoms with Crippen molar-refractivity contribution in [1.82, 2.24) is 30.1 Å². The molecule has 10 nitrogen and oxygen atoms in total. The first-order chi connectivity index (χ1) is 19.4. The van der Waals surface area contributed by atoms with E-state index in [4.69, 9.17) is 14.2 Å². The number of pyridine rings is 1. The van der Waals surface area contributed by atoms with Crippen molar-refractivity contribution in [3.63, 3.8) is 0 Å². The number of methoxy groups -OCH3 is 2. The highest BCUT2D eigenvalue weighted by Crippen LogP contribution is 2.33. The predicted molar refractivity (Wildman–Crippen MR) is 148 cm³/mol. The molecule has 1 aliphatic rings. The molecule has 40 heavy (non-hydrogen) atoms. The zero-order valence-electron chi connectivity index (χ0n) is 23.3. The third kappa shape index (κ3) is 6.00. The molecule has 212 valence electrons. The average molecular weight is 551 g/mol. The molecule has 0 amide bonds. The molecule has 0 unspecified atom stereocenters. The molecule has 2 aromatic heterocycles. The number of nitrogens with zero attached hydrogens (tertiary/aromatic N) is 5. The summed E-state index contributed by atoms with van der Waals surface area (Å²) in [7, 11) is 3.14. The lowest BCUT2D eigenvalue weighted by molar-refractivity contribution is 0.0851. The summed E-state index contributed by atoms with van der Waals surface area (Å²) in [5, 5.41) is 13.6. The van der Waals surface area contributed by atoms with Gasteiger partial charge in [0.25, 0.3) is 5.56 Å². The van der Waals surface area contributed by atoms with Gasteiger partial charge in [-0.05, 0) is 59.0 Å². The standard InChI is InChI=1S/C29H35FN6O4/c1-18(2)27(28-32-33-34-36(28)17-23-6-5-11-40-23)35(15-19-7-9-22(30)10-8-19)16-21-12-20-13-25(38-3)26(39-4)14-24(20)31-29(21)37/h7-10,12-14,18,23,27H,5-6,11,15-17H2,1-4H3,(H,31,37)/t23-,27-/m1/s1. The third-order valence-electron chi connectivity index (χ3n) is 7.35. The molecular weight excluding hydrogens is 515 g/mol. The van der Waals surface area contributed by atoms with Gasteiger partial charge in [-0.15, -0.1) is 5.10 Å². The van der Waals surface area contributed by atoms with Gasteiger partial charge in [-0.25, -0.2) is 9.07 Å². The van der Waals surface area contributed by atoms with Crippen LogP contribution in [-0.2, 0) is 24.4 Å². The second kappa shape index (κ2) is 12.1. The number of aromatic amines is 1. The number of benzene rings is 2. The van der Waals surface area contributed by atoms with Crippen LogP contribution >= 0.6 is 0 Å². The number of rotatable bonds is 11. The largest absolute Gasteiger partial charge is 0.493 e. The van der Waals surface area contributed by atoms with Crippen LogP contribution in [0.4, 0.5) is 4.39 Å². The summed E-state index contributed by atoms with van der Waals surface area (Å²) in [6.07, 6.45) is 2.05. The van der Waals surface area contributed by atoms with E-state index in [2.05, 4.69) is 39.3 Å². The molecule has 4 aromatic rings. The molecule has 2 atom stereocenters. The van der Waals surface area contributed by atoms with E-state index in [9.17, 15) is 9.18 Å². The number of tetrazole rings is 1. The minimum absolute atomic E-state index is 0.0657. The number of aromatic nitrogens is 5. The maximum Gasteiger partial charge on any atom is 0.252 e. The molecule has 0 aliphatic carbocycles. The Labute approximate surface area is 232 Å². The summed E-state index contributed by atoms with van der Waals surface area (Å²) in [5.41, 5.74) is 1.93. The zero-order chi connectivity index (χ0) is 28.2. The van der Waals surface area contributed by atoms with E-state index >= 15 is 0 Å². The van der Waals surface area contributed by atoms with Crippen LogP contribution in [-0.4, -0.2) is 57.0 Å². The summed E-state index contributed by atoms with van der Waals surface area (Å²) in [5.74, 6) is 1.61. The van der Waals surface area contributed by atoms with Crippen LogP contribution in [0.3, 0.4) is 0 Å². The number of hydrogen-bond acceptors (Lipinski definition) is 8. The molecule has 1 saturated heterocycles. The molecule has 0 bridgehead atoms. The van der Waals surface area contributed by atoms with Gasteiger partial charge >= 0.3 is 0 Å². The van der Waals surface area contributed by atoms with Crippen molar-refractivity contribution >= 4 is 10.9 Å². The monoisotopic (exact) mass is 550 g/mol. The van der Waals surface area contributed by atoms with Gasteiger partial charge in [0.2, 0.25) is 0 Å². The Kier molecular flexibility index (Phi) is 8.41. The Morgan fingerprint density at radius 3 is 2.55 bits per heavy atom. The molecule has 11 heteroatoms. The van der Waals surface area contributed by atoms with Gasteiger partial charge in [0.05, 0.1) is 38.4 Å². The van der Waals surface area contributed by atoms with Crippen molar-refractivity contribution in [2.45, 2.75) is 58.5 Å². The Bertz CT molecular complexity index is 1500. The van der Waals surface area contributed by atoms with Crippen LogP contribution < -0.4 is 15.0 Å². The third-order valence-corrected chi connectivity index (χ3v) is 7.35. The first kappa shape index (κ1) is 27.7. The topological polar surface area (TPSA) is 107 Å². The molecule has 2 aromatic carbocycles. The Hall–Kier alpha value is -3.83. The maximum atomic E-state index is 13.7. The van der Waals surface area contributed by atoms with Gasteiger partial charge in [-0.2, -0.15) is 0 Å². The Morgan fingerprint density at radius 1 is 1.12 bits per heavy atom. The number of nitrogens with one attached hydrogen (secondary N) is 1. The van der Waals surface area contributed by atoms with Crippen LogP contribution in [0, 0.1) is 11.7 Å². The van der Waals surface area contributed by atoms with Crippen molar-refractivity contribution in [1.29, 1.82) is 0 Å². The van der Waals surface area contributed by atoms with Gasteiger partial charge in [0.15, 0.2) is 17.3 Å². The lowest BCUT2D eigenvalue weighted by Gasteiger charge is -2.33. The maximum absolute atomic E-state index is 13.7. The Balaban J connectivity index is 1.54. The normalized spacial score (nSPS) is 16.2. The van der Waals surface area contributed by atoms with Crippen molar-refractivity contribution in [2.75, 3.05) is 20.8 Å². The molecule has 0 saturated carbocycles. The summed E-state index contributed by atoms with van der Waals surface area (Å²) in [6.45, 7) is 6.29. The number of ether oxygens (including phenoxy) is 3. The molecule has 0 radical (unpaired) electrons. The van der Waals surface area contributed by atoms with Crippen LogP contribution in [0.1, 0.15) is 49.7 Å². The minimum atomic E-state index is -0.299. The van der Waals surface area contributed by atoms with E-state index in [1.165, 1.54) is 12.1 Å². The summed E-state index contributed by atoms with van der Waals surface area (Å²) in [4.78, 5) is 18.5. The number of hydrogen-bond donors (Lipinski definition) is 1. The number of H-pyrrole nitrogens is 1. The van der Waals surface area contributed by atoms with Gasteiger partial charge in [0, 0.05) is 36.7 Å². The van der Waals surface area contributed by atoms with E-state index in [1.54, 1.807) is 32.4 Å². The lowest BCUT2D eigenvalue weighted by Crippen LogP contribution is -2.36. The SMILES string of the molecule is COc1cc2cc(CN(Cc3ccc(F)cc3)[C@@H](c3nnnn3C[C@H]3CCCO3)C(C)C)c(=O)[nH]c2cc1OC. The van der Waals surface area contributed by atoms with Gasteiger partial charge in [-0.1, -0.05) is 26.0 Å². The van der Waals surface area contributed by atoms with Crippen molar-refractivity contribution < 1.29 is 18.6 Å². The quantitative estimate of drug-likeness (QED) is 0.295. The van der Waals surface area contributed by atoms with Gasteiger partial charge in [0.1, 0.15) is 5.82 Å². The van der Waals surface area contributed by atoms with Crippen LogP contribution in [0.15, 0.2) is 47.3 Å². The summed E-state index contributed by atoms with van der Waals surface area (Å²) < 4.78 is 32.3. The lowest BCUT2D eigenvalue weighted by atomic mass is 9.99. The minimum Gasteiger partial charge on any atom is -0.493 e. The predicted octanol–water partition coefficient (Wildman–Crippen LogP) is 4.25. The smallest absolute Gasteiger partial charge is 0.252 e. The van der Waals surface area contributed by atoms with Crippen molar-refractivity contribution in [2.24, 2.45) is 5.92 Å². The van der Waals surface area contributed by atoms with Gasteiger partial charge < -0.3 is 19.2 Å². The molecule has 1 aliphatic heterocycles. The first-order valence-electron chi connectivity index (χ1n) is 13.5. The first-order valence-corrected chi connectivity index (χ1v) is 13.5. The highest BCUT2D eigenvalue weighted by atomic mass is 19.1. The van der Waals surface area contributed by atoms with E-state index < -0.39 is 0 Å². The highest BCUT2D eigenvalue weighted by molar-refractivity contribution is 5.83. The molecule has 3 heterocycles. The van der Waals surface area contributed by atoms with Crippen LogP contribution in [0.25, 0.3) is 10.9 Å². The molecule has 0 spiro atoms. The van der Waals surface area contributed by atoms with Crippen molar-refractivity contribution in [3.05, 3.63) is 75.6 Å². The molecular formula is C29H35FN6O4. The fraction of sp³-hybridized carbons (Fsp3) is 0.448. The summed E-state index contributed by atoms with van der Waals surface area (Å²) >= 11 is 0. The fourth-order valence-corrected chi connectivity index (χ4v) is 5.41. The van der Waals surface area contributed by atoms with E-state index in [0.717, 1.165) is 30.4 Å². The highest BCUT2D eigenvalue weighted by Gasteiger charge is 2.31. The Morgan fingerprint density at radius 2 is 1.88 bits per heavy atom. The second-order valence-electron chi connectivity index (χ2n) is 10.5. The second-order valence-corrected chi connectivity index (χ2v) is 10.5. The molecule has 5 rings (SSSR count).